The summed E-state index contributed by atoms with van der Waals surface area (Å²) in [4.78, 5) is 12.3. The van der Waals surface area contributed by atoms with Gasteiger partial charge in [-0.05, 0) is 62.1 Å². The average Bonchev–Trinajstić information content (AvgIpc) is 2.51. The molecule has 0 spiro atoms. The minimum absolute atomic E-state index is 0.171. The molecule has 2 N–H and O–H groups in total. The lowest BCUT2D eigenvalue weighted by Crippen LogP contribution is -2.33. The Morgan fingerprint density at radius 2 is 1.68 bits per heavy atom. The van der Waals surface area contributed by atoms with Crippen LogP contribution in [0.3, 0.4) is 0 Å². The summed E-state index contributed by atoms with van der Waals surface area (Å²) >= 11 is 6.15. The first kappa shape index (κ1) is 19.4. The van der Waals surface area contributed by atoms with Crippen molar-refractivity contribution in [2.45, 2.75) is 32.6 Å². The number of amides is 1. The van der Waals surface area contributed by atoms with Gasteiger partial charge in [-0.25, -0.2) is 13.1 Å². The van der Waals surface area contributed by atoms with E-state index in [2.05, 4.69) is 10.0 Å². The fourth-order valence-electron chi connectivity index (χ4n) is 2.49. The zero-order valence-corrected chi connectivity index (χ0v) is 16.2. The molecule has 0 atom stereocenters. The van der Waals surface area contributed by atoms with E-state index in [9.17, 15) is 13.2 Å². The second kappa shape index (κ2) is 7.56. The standard InChI is InChI=1S/C18H21ClN2O3S/c1-11-5-6-13(3)16(9-11)25(23,24)20-10-17(22)21-18-14(4)7-12(2)8-15(18)19/h5-9,20H,10H2,1-4H3,(H,21,22). The van der Waals surface area contributed by atoms with Gasteiger partial charge in [0.25, 0.3) is 0 Å². The Hall–Kier alpha value is -1.89. The van der Waals surface area contributed by atoms with E-state index < -0.39 is 15.9 Å². The molecule has 0 saturated heterocycles. The molecule has 25 heavy (non-hydrogen) atoms. The van der Waals surface area contributed by atoms with Crippen molar-refractivity contribution in [1.82, 2.24) is 4.72 Å². The van der Waals surface area contributed by atoms with Crippen molar-refractivity contribution < 1.29 is 13.2 Å². The van der Waals surface area contributed by atoms with E-state index in [4.69, 9.17) is 11.6 Å². The van der Waals surface area contributed by atoms with Gasteiger partial charge in [0.1, 0.15) is 0 Å². The molecule has 1 amide bonds. The Bertz CT molecular complexity index is 901. The van der Waals surface area contributed by atoms with Crippen LogP contribution in [0.25, 0.3) is 0 Å². The maximum absolute atomic E-state index is 12.4. The molecule has 0 aliphatic heterocycles. The second-order valence-electron chi connectivity index (χ2n) is 6.08. The van der Waals surface area contributed by atoms with Gasteiger partial charge >= 0.3 is 0 Å². The van der Waals surface area contributed by atoms with Gasteiger partial charge in [-0.2, -0.15) is 0 Å². The lowest BCUT2D eigenvalue weighted by atomic mass is 10.1. The number of sulfonamides is 1. The average molecular weight is 381 g/mol. The third-order valence-electron chi connectivity index (χ3n) is 3.75. The van der Waals surface area contributed by atoms with Crippen LogP contribution in [0.5, 0.6) is 0 Å². The summed E-state index contributed by atoms with van der Waals surface area (Å²) in [5.41, 5.74) is 3.74. The van der Waals surface area contributed by atoms with Crippen LogP contribution in [-0.4, -0.2) is 20.9 Å². The summed E-state index contributed by atoms with van der Waals surface area (Å²) in [7, 11) is -3.77. The molecule has 5 nitrogen and oxygen atoms in total. The van der Waals surface area contributed by atoms with Crippen molar-refractivity contribution in [3.8, 4) is 0 Å². The minimum atomic E-state index is -3.77. The molecule has 0 aliphatic carbocycles. The van der Waals surface area contributed by atoms with Crippen molar-refractivity contribution in [2.75, 3.05) is 11.9 Å². The van der Waals surface area contributed by atoms with Crippen LogP contribution in [0.15, 0.2) is 35.2 Å². The third kappa shape index (κ3) is 4.81. The Morgan fingerprint density at radius 3 is 2.32 bits per heavy atom. The van der Waals surface area contributed by atoms with Crippen LogP contribution in [0.2, 0.25) is 5.02 Å². The van der Waals surface area contributed by atoms with Crippen LogP contribution in [0.1, 0.15) is 22.3 Å². The molecule has 2 aromatic rings. The predicted molar refractivity (Wildman–Crippen MR) is 101 cm³/mol. The van der Waals surface area contributed by atoms with Crippen molar-refractivity contribution in [1.29, 1.82) is 0 Å². The van der Waals surface area contributed by atoms with Gasteiger partial charge in [0.15, 0.2) is 0 Å². The Balaban J connectivity index is 2.11. The normalized spacial score (nSPS) is 11.4. The molecule has 0 radical (unpaired) electrons. The molecular formula is C18H21ClN2O3S. The maximum Gasteiger partial charge on any atom is 0.241 e. The fourth-order valence-corrected chi connectivity index (χ4v) is 4.17. The van der Waals surface area contributed by atoms with E-state index in [0.717, 1.165) is 16.7 Å². The number of carbonyl (C=O) groups is 1. The first-order valence-corrected chi connectivity index (χ1v) is 9.60. The number of hydrogen-bond donors (Lipinski definition) is 2. The minimum Gasteiger partial charge on any atom is -0.323 e. The third-order valence-corrected chi connectivity index (χ3v) is 5.59. The number of nitrogens with one attached hydrogen (secondary N) is 2. The number of benzene rings is 2. The van der Waals surface area contributed by atoms with Crippen molar-refractivity contribution in [3.63, 3.8) is 0 Å². The molecule has 0 fully saturated rings. The van der Waals surface area contributed by atoms with Crippen LogP contribution < -0.4 is 10.0 Å². The zero-order chi connectivity index (χ0) is 18.8. The van der Waals surface area contributed by atoms with Crippen LogP contribution in [-0.2, 0) is 14.8 Å². The van der Waals surface area contributed by atoms with Gasteiger partial charge < -0.3 is 5.32 Å². The maximum atomic E-state index is 12.4. The van der Waals surface area contributed by atoms with E-state index in [1.165, 1.54) is 0 Å². The molecule has 7 heteroatoms. The van der Waals surface area contributed by atoms with Gasteiger partial charge in [0, 0.05) is 0 Å². The molecule has 0 bridgehead atoms. The first-order chi connectivity index (χ1) is 11.6. The highest BCUT2D eigenvalue weighted by Gasteiger charge is 2.18. The summed E-state index contributed by atoms with van der Waals surface area (Å²) in [5, 5.41) is 3.08. The number of aryl methyl sites for hydroxylation is 4. The molecule has 0 aliphatic rings. The lowest BCUT2D eigenvalue weighted by Gasteiger charge is -2.13. The second-order valence-corrected chi connectivity index (χ2v) is 8.22. The molecule has 0 heterocycles. The van der Waals surface area contributed by atoms with Gasteiger partial charge in [0.05, 0.1) is 22.2 Å². The van der Waals surface area contributed by atoms with Gasteiger partial charge in [0.2, 0.25) is 15.9 Å². The Kier molecular flexibility index (Phi) is 5.87. The Labute approximate surface area is 153 Å². The van der Waals surface area contributed by atoms with Crippen LogP contribution in [0.4, 0.5) is 5.69 Å². The fraction of sp³-hybridized carbons (Fsp3) is 0.278. The topological polar surface area (TPSA) is 75.3 Å². The largest absolute Gasteiger partial charge is 0.323 e. The van der Waals surface area contributed by atoms with Crippen LogP contribution in [0, 0.1) is 27.7 Å². The van der Waals surface area contributed by atoms with Crippen molar-refractivity contribution in [2.24, 2.45) is 0 Å². The zero-order valence-electron chi connectivity index (χ0n) is 14.6. The quantitative estimate of drug-likeness (QED) is 0.833. The van der Waals surface area contributed by atoms with Gasteiger partial charge in [-0.15, -0.1) is 0 Å². The number of anilines is 1. The van der Waals surface area contributed by atoms with E-state index in [-0.39, 0.29) is 11.4 Å². The van der Waals surface area contributed by atoms with E-state index in [1.54, 1.807) is 25.1 Å². The predicted octanol–water partition coefficient (Wildman–Crippen LogP) is 3.49. The molecular weight excluding hydrogens is 360 g/mol. The molecule has 134 valence electrons. The summed E-state index contributed by atoms with van der Waals surface area (Å²) in [6.45, 7) is 6.88. The lowest BCUT2D eigenvalue weighted by molar-refractivity contribution is -0.115. The Morgan fingerprint density at radius 1 is 1.00 bits per heavy atom. The number of halogens is 1. The van der Waals surface area contributed by atoms with Gasteiger partial charge in [-0.1, -0.05) is 29.8 Å². The summed E-state index contributed by atoms with van der Waals surface area (Å²) in [6.07, 6.45) is 0. The highest BCUT2D eigenvalue weighted by molar-refractivity contribution is 7.89. The van der Waals surface area contributed by atoms with Gasteiger partial charge in [-0.3, -0.25) is 4.79 Å². The van der Waals surface area contributed by atoms with Crippen molar-refractivity contribution in [3.05, 3.63) is 57.6 Å². The summed E-state index contributed by atoms with van der Waals surface area (Å²) < 4.78 is 27.2. The van der Waals surface area contributed by atoms with E-state index in [1.807, 2.05) is 32.9 Å². The SMILES string of the molecule is Cc1cc(C)c(NC(=O)CNS(=O)(=O)c2cc(C)ccc2C)c(Cl)c1. The van der Waals surface area contributed by atoms with Crippen molar-refractivity contribution >= 4 is 33.2 Å². The number of rotatable bonds is 5. The van der Waals surface area contributed by atoms with E-state index >= 15 is 0 Å². The molecule has 2 aromatic carbocycles. The highest BCUT2D eigenvalue weighted by atomic mass is 35.5. The van der Waals surface area contributed by atoms with Crippen LogP contribution >= 0.6 is 11.6 Å². The molecule has 0 saturated carbocycles. The van der Waals surface area contributed by atoms with E-state index in [0.29, 0.717) is 16.3 Å². The highest BCUT2D eigenvalue weighted by Crippen LogP contribution is 2.27. The first-order valence-electron chi connectivity index (χ1n) is 7.73. The summed E-state index contributed by atoms with van der Waals surface area (Å²) in [6, 6.07) is 8.78. The molecule has 0 unspecified atom stereocenters. The smallest absolute Gasteiger partial charge is 0.241 e. The molecule has 0 aromatic heterocycles. The number of carbonyl (C=O) groups excluding carboxylic acids is 1. The monoisotopic (exact) mass is 380 g/mol. The summed E-state index contributed by atoms with van der Waals surface area (Å²) in [5.74, 6) is -0.484. The number of hydrogen-bond acceptors (Lipinski definition) is 3. The molecule has 2 rings (SSSR count).